The molecule has 2 aromatic carbocycles. The molecule has 1 heterocycles. The Kier molecular flexibility index (Phi) is 6.96. The van der Waals surface area contributed by atoms with E-state index < -0.39 is 0 Å². The van der Waals surface area contributed by atoms with E-state index in [0.717, 1.165) is 26.5 Å². The predicted molar refractivity (Wildman–Crippen MR) is 123 cm³/mol. The van der Waals surface area contributed by atoms with Crippen molar-refractivity contribution in [3.05, 3.63) is 61.6 Å². The first kappa shape index (κ1) is 21.4. The van der Waals surface area contributed by atoms with Crippen molar-refractivity contribution in [1.29, 1.82) is 0 Å². The molecule has 0 fully saturated rings. The molecule has 0 aromatic heterocycles. The summed E-state index contributed by atoms with van der Waals surface area (Å²) in [5, 5.41) is 2.82. The van der Waals surface area contributed by atoms with Gasteiger partial charge in [-0.25, -0.2) is 0 Å². The third-order valence-corrected chi connectivity index (χ3v) is 5.66. The van der Waals surface area contributed by atoms with Gasteiger partial charge in [0.15, 0.2) is 16.7 Å². The molecule has 0 atom stereocenters. The summed E-state index contributed by atoms with van der Waals surface area (Å²) >= 11 is 3.31. The maximum Gasteiger partial charge on any atom is 0.286 e. The second kappa shape index (κ2) is 9.45. The zero-order valence-corrected chi connectivity index (χ0v) is 19.1. The molecule has 150 valence electrons. The summed E-state index contributed by atoms with van der Waals surface area (Å²) in [6.07, 6.45) is 1.72. The van der Waals surface area contributed by atoms with E-state index in [1.165, 1.54) is 12.5 Å². The van der Waals surface area contributed by atoms with Crippen molar-refractivity contribution in [2.45, 2.75) is 20.5 Å². The van der Waals surface area contributed by atoms with Gasteiger partial charge in [0, 0.05) is 6.92 Å². The highest BCUT2D eigenvalue weighted by Crippen LogP contribution is 2.36. The Morgan fingerprint density at radius 2 is 2.00 bits per heavy atom. The number of thioether (sulfide) groups is 1. The van der Waals surface area contributed by atoms with Gasteiger partial charge in [-0.1, -0.05) is 29.8 Å². The van der Waals surface area contributed by atoms with E-state index in [9.17, 15) is 9.59 Å². The predicted octanol–water partition coefficient (Wildman–Crippen LogP) is 4.29. The van der Waals surface area contributed by atoms with E-state index in [0.29, 0.717) is 23.0 Å². The Bertz CT molecular complexity index is 1020. The number of amidine groups is 1. The number of ether oxygens (including phenoxy) is 2. The number of methoxy groups -OCH3 is 1. The van der Waals surface area contributed by atoms with Gasteiger partial charge in [0.05, 0.1) is 15.6 Å². The van der Waals surface area contributed by atoms with Crippen LogP contribution in [0, 0.1) is 10.5 Å². The molecular formula is C21H19IN2O4S. The maximum atomic E-state index is 12.1. The number of halogens is 1. The van der Waals surface area contributed by atoms with Crippen LogP contribution in [0.4, 0.5) is 0 Å². The van der Waals surface area contributed by atoms with Crippen molar-refractivity contribution in [2.24, 2.45) is 4.99 Å². The molecule has 0 saturated carbocycles. The van der Waals surface area contributed by atoms with E-state index in [-0.39, 0.29) is 17.0 Å². The van der Waals surface area contributed by atoms with Gasteiger partial charge in [-0.3, -0.25) is 9.59 Å². The van der Waals surface area contributed by atoms with Crippen LogP contribution >= 0.6 is 34.4 Å². The summed E-state index contributed by atoms with van der Waals surface area (Å²) < 4.78 is 12.4. The van der Waals surface area contributed by atoms with Crippen LogP contribution < -0.4 is 14.8 Å². The van der Waals surface area contributed by atoms with E-state index in [2.05, 4.69) is 32.9 Å². The third-order valence-electron chi connectivity index (χ3n) is 3.96. The molecule has 0 radical (unpaired) electrons. The van der Waals surface area contributed by atoms with Gasteiger partial charge in [-0.15, -0.1) is 0 Å². The van der Waals surface area contributed by atoms with Crippen LogP contribution in [0.3, 0.4) is 0 Å². The van der Waals surface area contributed by atoms with E-state index >= 15 is 0 Å². The van der Waals surface area contributed by atoms with Gasteiger partial charge in [-0.05, 0) is 70.6 Å². The van der Waals surface area contributed by atoms with E-state index in [4.69, 9.17) is 9.47 Å². The fourth-order valence-electron chi connectivity index (χ4n) is 2.57. The zero-order valence-electron chi connectivity index (χ0n) is 16.1. The van der Waals surface area contributed by atoms with Crippen LogP contribution in [-0.4, -0.2) is 24.1 Å². The SMILES string of the molecule is COc1cc(C=C2SC(NC(C)=O)=NC2=O)cc(I)c1OCc1ccc(C)cc1. The molecule has 2 aromatic rings. The monoisotopic (exact) mass is 522 g/mol. The van der Waals surface area contributed by atoms with Crippen LogP contribution in [-0.2, 0) is 16.2 Å². The lowest BCUT2D eigenvalue weighted by Crippen LogP contribution is -2.23. The Labute approximate surface area is 186 Å². The number of nitrogens with zero attached hydrogens (tertiary/aromatic N) is 1. The standard InChI is InChI=1S/C21H19IN2O4S/c1-12-4-6-14(7-5-12)11-28-19-16(22)8-15(9-17(19)27-3)10-18-20(26)24-21(29-18)23-13(2)25/h4-10H,11H2,1-3H3,(H,23,24,25,26). The minimum Gasteiger partial charge on any atom is -0.493 e. The molecule has 3 rings (SSSR count). The lowest BCUT2D eigenvalue weighted by Gasteiger charge is -2.14. The summed E-state index contributed by atoms with van der Waals surface area (Å²) in [6, 6.07) is 11.9. The average Bonchev–Trinajstić information content (AvgIpc) is 2.99. The molecule has 0 aliphatic carbocycles. The molecular weight excluding hydrogens is 503 g/mol. The zero-order chi connectivity index (χ0) is 21.0. The first-order chi connectivity index (χ1) is 13.9. The lowest BCUT2D eigenvalue weighted by atomic mass is 10.1. The number of aryl methyl sites for hydroxylation is 1. The molecule has 0 bridgehead atoms. The summed E-state index contributed by atoms with van der Waals surface area (Å²) in [5.74, 6) is 0.578. The quantitative estimate of drug-likeness (QED) is 0.469. The van der Waals surface area contributed by atoms with Crippen LogP contribution in [0.2, 0.25) is 0 Å². The van der Waals surface area contributed by atoms with Gasteiger partial charge in [0.25, 0.3) is 5.91 Å². The number of carbonyl (C=O) groups excluding carboxylic acids is 2. The highest BCUT2D eigenvalue weighted by Gasteiger charge is 2.23. The van der Waals surface area contributed by atoms with E-state index in [1.807, 2.05) is 43.3 Å². The summed E-state index contributed by atoms with van der Waals surface area (Å²) in [5.41, 5.74) is 3.04. The number of carbonyl (C=O) groups is 2. The molecule has 0 spiro atoms. The van der Waals surface area contributed by atoms with Gasteiger partial charge in [-0.2, -0.15) is 4.99 Å². The topological polar surface area (TPSA) is 77.0 Å². The molecule has 0 unspecified atom stereocenters. The van der Waals surface area contributed by atoms with Crippen molar-refractivity contribution >= 4 is 57.4 Å². The number of benzene rings is 2. The maximum absolute atomic E-state index is 12.1. The minimum atomic E-state index is -0.382. The summed E-state index contributed by atoms with van der Waals surface area (Å²) in [7, 11) is 1.58. The Balaban J connectivity index is 1.79. The summed E-state index contributed by atoms with van der Waals surface area (Å²) in [6.45, 7) is 3.84. The minimum absolute atomic E-state index is 0.267. The highest BCUT2D eigenvalue weighted by molar-refractivity contribution is 14.1. The van der Waals surface area contributed by atoms with Crippen LogP contribution in [0.15, 0.2) is 46.3 Å². The Morgan fingerprint density at radius 3 is 2.66 bits per heavy atom. The Hall–Kier alpha value is -2.33. The molecule has 1 aliphatic rings. The number of hydrogen-bond donors (Lipinski definition) is 1. The van der Waals surface area contributed by atoms with Crippen LogP contribution in [0.1, 0.15) is 23.6 Å². The summed E-state index contributed by atoms with van der Waals surface area (Å²) in [4.78, 5) is 27.5. The third kappa shape index (κ3) is 5.60. The largest absolute Gasteiger partial charge is 0.493 e. The number of rotatable bonds is 5. The fraction of sp³-hybridized carbons (Fsp3) is 0.190. The lowest BCUT2D eigenvalue weighted by molar-refractivity contribution is -0.117. The fourth-order valence-corrected chi connectivity index (χ4v) is 4.21. The second-order valence-corrected chi connectivity index (χ2v) is 8.52. The normalized spacial score (nSPS) is 14.7. The van der Waals surface area contributed by atoms with Crippen molar-refractivity contribution in [3.63, 3.8) is 0 Å². The van der Waals surface area contributed by atoms with Crippen molar-refractivity contribution in [1.82, 2.24) is 5.32 Å². The molecule has 2 amide bonds. The average molecular weight is 522 g/mol. The van der Waals surface area contributed by atoms with Gasteiger partial charge >= 0.3 is 0 Å². The molecule has 29 heavy (non-hydrogen) atoms. The molecule has 1 aliphatic heterocycles. The van der Waals surface area contributed by atoms with Gasteiger partial charge in [0.1, 0.15) is 6.61 Å². The molecule has 0 saturated heterocycles. The van der Waals surface area contributed by atoms with Crippen molar-refractivity contribution in [3.8, 4) is 11.5 Å². The smallest absolute Gasteiger partial charge is 0.286 e. The van der Waals surface area contributed by atoms with Crippen molar-refractivity contribution < 1.29 is 19.1 Å². The molecule has 1 N–H and O–H groups in total. The first-order valence-corrected chi connectivity index (χ1v) is 10.6. The number of aliphatic imine (C=N–C) groups is 1. The highest BCUT2D eigenvalue weighted by atomic mass is 127. The van der Waals surface area contributed by atoms with Gasteiger partial charge < -0.3 is 14.8 Å². The van der Waals surface area contributed by atoms with Crippen molar-refractivity contribution in [2.75, 3.05) is 7.11 Å². The number of amides is 2. The first-order valence-electron chi connectivity index (χ1n) is 8.71. The number of nitrogens with one attached hydrogen (secondary N) is 1. The van der Waals surface area contributed by atoms with E-state index in [1.54, 1.807) is 13.2 Å². The Morgan fingerprint density at radius 1 is 1.28 bits per heavy atom. The second-order valence-electron chi connectivity index (χ2n) is 6.32. The van der Waals surface area contributed by atoms with Crippen LogP contribution in [0.5, 0.6) is 11.5 Å². The number of hydrogen-bond acceptors (Lipinski definition) is 5. The van der Waals surface area contributed by atoms with Crippen LogP contribution in [0.25, 0.3) is 6.08 Å². The van der Waals surface area contributed by atoms with Gasteiger partial charge in [0.2, 0.25) is 5.91 Å². The molecule has 6 nitrogen and oxygen atoms in total. The molecule has 8 heteroatoms.